The van der Waals surface area contributed by atoms with Gasteiger partial charge in [-0.05, 0) is 6.07 Å². The van der Waals surface area contributed by atoms with Crippen molar-refractivity contribution >= 4 is 28.6 Å². The smallest absolute Gasteiger partial charge is 0.223 e. The topological polar surface area (TPSA) is 86.2 Å². The Labute approximate surface area is 113 Å². The van der Waals surface area contributed by atoms with Crippen LogP contribution in [0.25, 0.3) is 11.0 Å². The number of aromatic nitrogens is 3. The molecule has 19 heavy (non-hydrogen) atoms. The fourth-order valence-electron chi connectivity index (χ4n) is 2.28. The average molecular weight is 287 g/mol. The van der Waals surface area contributed by atoms with Gasteiger partial charge in [-0.3, -0.25) is 0 Å². The van der Waals surface area contributed by atoms with Crippen molar-refractivity contribution in [3.8, 4) is 0 Å². The van der Waals surface area contributed by atoms with E-state index >= 15 is 0 Å². The Morgan fingerprint density at radius 1 is 1.58 bits per heavy atom. The minimum absolute atomic E-state index is 0.0181. The van der Waals surface area contributed by atoms with E-state index in [-0.39, 0.29) is 24.1 Å². The number of hydrogen-bond donors (Lipinski definition) is 2. The van der Waals surface area contributed by atoms with Crippen molar-refractivity contribution in [3.05, 3.63) is 17.4 Å². The van der Waals surface area contributed by atoms with E-state index in [1.54, 1.807) is 12.3 Å². The van der Waals surface area contributed by atoms with Gasteiger partial charge in [0.15, 0.2) is 6.23 Å². The first kappa shape index (κ1) is 12.6. The highest BCUT2D eigenvalue weighted by atomic mass is 35.5. The summed E-state index contributed by atoms with van der Waals surface area (Å²) >= 11 is 5.96. The molecular weight excluding hydrogens is 275 g/mol. The van der Waals surface area contributed by atoms with Gasteiger partial charge in [0, 0.05) is 12.6 Å². The maximum Gasteiger partial charge on any atom is 0.223 e. The molecule has 6 nitrogen and oxygen atoms in total. The SMILES string of the molecule is Nc1nc(Cl)c2ccn(C3OC(CO)C[C@@H]3F)c2n1. The van der Waals surface area contributed by atoms with Crippen LogP contribution in [0, 0.1) is 0 Å². The van der Waals surface area contributed by atoms with Gasteiger partial charge in [0.2, 0.25) is 5.95 Å². The van der Waals surface area contributed by atoms with Gasteiger partial charge in [0.25, 0.3) is 0 Å². The number of hydrogen-bond acceptors (Lipinski definition) is 5. The van der Waals surface area contributed by atoms with Crippen molar-refractivity contribution in [2.24, 2.45) is 0 Å². The van der Waals surface area contributed by atoms with Gasteiger partial charge in [-0.1, -0.05) is 11.6 Å². The Morgan fingerprint density at radius 2 is 2.37 bits per heavy atom. The number of nitrogen functional groups attached to an aromatic ring is 1. The van der Waals surface area contributed by atoms with Crippen LogP contribution in [0.4, 0.5) is 10.3 Å². The Hall–Kier alpha value is -1.44. The lowest BCUT2D eigenvalue weighted by molar-refractivity contribution is -0.0348. The predicted octanol–water partition coefficient (Wildman–Crippen LogP) is 1.28. The second kappa shape index (κ2) is 4.59. The van der Waals surface area contributed by atoms with Gasteiger partial charge in [-0.15, -0.1) is 0 Å². The largest absolute Gasteiger partial charge is 0.394 e. The summed E-state index contributed by atoms with van der Waals surface area (Å²) in [6, 6.07) is 1.68. The molecule has 1 saturated heterocycles. The van der Waals surface area contributed by atoms with Crippen LogP contribution >= 0.6 is 11.6 Å². The molecule has 0 radical (unpaired) electrons. The summed E-state index contributed by atoms with van der Waals surface area (Å²) in [5, 5.41) is 9.83. The number of halogens is 2. The molecule has 0 aliphatic carbocycles. The van der Waals surface area contributed by atoms with E-state index in [2.05, 4.69) is 9.97 Å². The summed E-state index contributed by atoms with van der Waals surface area (Å²) in [6.45, 7) is -0.214. The predicted molar refractivity (Wildman–Crippen MR) is 67.5 cm³/mol. The quantitative estimate of drug-likeness (QED) is 0.812. The molecule has 1 fully saturated rings. The highest BCUT2D eigenvalue weighted by Crippen LogP contribution is 2.34. The second-order valence-corrected chi connectivity index (χ2v) is 4.77. The van der Waals surface area contributed by atoms with E-state index in [0.717, 1.165) is 0 Å². The molecule has 102 valence electrons. The van der Waals surface area contributed by atoms with Gasteiger partial charge in [-0.2, -0.15) is 4.98 Å². The molecule has 2 unspecified atom stereocenters. The zero-order valence-corrected chi connectivity index (χ0v) is 10.6. The molecule has 2 aromatic heterocycles. The monoisotopic (exact) mass is 286 g/mol. The van der Waals surface area contributed by atoms with E-state index < -0.39 is 18.5 Å². The second-order valence-electron chi connectivity index (χ2n) is 4.42. The summed E-state index contributed by atoms with van der Waals surface area (Å²) in [4.78, 5) is 7.90. The number of rotatable bonds is 2. The molecule has 0 saturated carbocycles. The number of alkyl halides is 1. The van der Waals surface area contributed by atoms with Gasteiger partial charge in [-0.25, -0.2) is 9.37 Å². The summed E-state index contributed by atoms with van der Waals surface area (Å²) in [6.07, 6.45) is -0.786. The Kier molecular flexibility index (Phi) is 3.04. The lowest BCUT2D eigenvalue weighted by Crippen LogP contribution is -2.17. The number of nitrogens with two attached hydrogens (primary N) is 1. The summed E-state index contributed by atoms with van der Waals surface area (Å²) in [5.74, 6) is 0.0181. The standard InChI is InChI=1S/C11H12ClFN4O2/c12-8-6-1-2-17(9(6)16-11(14)15-8)10-7(13)3-5(4-18)19-10/h1-2,5,7,10,18H,3-4H2,(H2,14,15,16)/t5?,7-,10?/m0/s1. The van der Waals surface area contributed by atoms with Gasteiger partial charge in [0.05, 0.1) is 18.1 Å². The number of ether oxygens (including phenoxy) is 1. The number of aliphatic hydroxyl groups is 1. The molecule has 3 rings (SSSR count). The summed E-state index contributed by atoms with van der Waals surface area (Å²) < 4.78 is 20.9. The van der Waals surface area contributed by atoms with Crippen LogP contribution in [0.1, 0.15) is 12.6 Å². The highest BCUT2D eigenvalue weighted by molar-refractivity contribution is 6.34. The first-order chi connectivity index (χ1) is 9.10. The lowest BCUT2D eigenvalue weighted by atomic mass is 10.2. The molecule has 3 N–H and O–H groups in total. The molecule has 0 amide bonds. The average Bonchev–Trinajstić information content (AvgIpc) is 2.92. The zero-order chi connectivity index (χ0) is 13.6. The van der Waals surface area contributed by atoms with E-state index in [1.165, 1.54) is 4.57 Å². The Bertz CT molecular complexity index is 620. The normalized spacial score (nSPS) is 27.2. The van der Waals surface area contributed by atoms with Crippen molar-refractivity contribution < 1.29 is 14.2 Å². The zero-order valence-electron chi connectivity index (χ0n) is 9.83. The van der Waals surface area contributed by atoms with Crippen LogP contribution in [0.15, 0.2) is 12.3 Å². The molecule has 2 aromatic rings. The van der Waals surface area contributed by atoms with Crippen LogP contribution in [-0.2, 0) is 4.74 Å². The van der Waals surface area contributed by atoms with E-state index in [0.29, 0.717) is 11.0 Å². The third-order valence-corrected chi connectivity index (χ3v) is 3.44. The molecule has 8 heteroatoms. The van der Waals surface area contributed by atoms with Gasteiger partial charge >= 0.3 is 0 Å². The minimum Gasteiger partial charge on any atom is -0.394 e. The van der Waals surface area contributed by atoms with Crippen molar-refractivity contribution in [1.82, 2.24) is 14.5 Å². The van der Waals surface area contributed by atoms with Crippen molar-refractivity contribution in [1.29, 1.82) is 0 Å². The van der Waals surface area contributed by atoms with Gasteiger partial charge < -0.3 is 20.1 Å². The fourth-order valence-corrected chi connectivity index (χ4v) is 2.51. The maximum absolute atomic E-state index is 14.0. The lowest BCUT2D eigenvalue weighted by Gasteiger charge is -2.16. The van der Waals surface area contributed by atoms with Crippen molar-refractivity contribution in [3.63, 3.8) is 0 Å². The maximum atomic E-state index is 14.0. The Morgan fingerprint density at radius 3 is 3.05 bits per heavy atom. The molecule has 1 aliphatic heterocycles. The van der Waals surface area contributed by atoms with E-state index in [9.17, 15) is 4.39 Å². The van der Waals surface area contributed by atoms with Gasteiger partial charge in [0.1, 0.15) is 17.0 Å². The van der Waals surface area contributed by atoms with Crippen LogP contribution in [-0.4, -0.2) is 38.5 Å². The minimum atomic E-state index is -1.22. The summed E-state index contributed by atoms with van der Waals surface area (Å²) in [7, 11) is 0. The number of fused-ring (bicyclic) bond motifs is 1. The summed E-state index contributed by atoms with van der Waals surface area (Å²) in [5.41, 5.74) is 5.97. The molecule has 3 heterocycles. The van der Waals surface area contributed by atoms with Crippen molar-refractivity contribution in [2.45, 2.75) is 24.9 Å². The van der Waals surface area contributed by atoms with E-state index in [4.69, 9.17) is 27.2 Å². The third-order valence-electron chi connectivity index (χ3n) is 3.15. The van der Waals surface area contributed by atoms with Crippen LogP contribution in [0.5, 0.6) is 0 Å². The molecule has 0 aromatic carbocycles. The molecule has 0 bridgehead atoms. The van der Waals surface area contributed by atoms with Crippen LogP contribution < -0.4 is 5.73 Å². The van der Waals surface area contributed by atoms with Crippen molar-refractivity contribution in [2.75, 3.05) is 12.3 Å². The van der Waals surface area contributed by atoms with Crippen LogP contribution in [0.2, 0.25) is 5.15 Å². The molecule has 0 spiro atoms. The molecule has 3 atom stereocenters. The van der Waals surface area contributed by atoms with E-state index in [1.807, 2.05) is 0 Å². The third kappa shape index (κ3) is 2.03. The first-order valence-corrected chi connectivity index (χ1v) is 6.18. The fraction of sp³-hybridized carbons (Fsp3) is 0.455. The Balaban J connectivity index is 2.06. The first-order valence-electron chi connectivity index (χ1n) is 5.80. The highest BCUT2D eigenvalue weighted by Gasteiger charge is 2.37. The number of aliphatic hydroxyl groups excluding tert-OH is 1. The molecule has 1 aliphatic rings. The number of nitrogens with zero attached hydrogens (tertiary/aromatic N) is 3. The molecular formula is C11H12ClFN4O2. The number of anilines is 1. The van der Waals surface area contributed by atoms with Crippen LogP contribution in [0.3, 0.4) is 0 Å².